The number of imide groups is 2. The topological polar surface area (TPSA) is 113 Å². The lowest BCUT2D eigenvalue weighted by atomic mass is 9.67. The van der Waals surface area contributed by atoms with Crippen LogP contribution in [-0.4, -0.2) is 35.4 Å². The molecule has 178 valence electrons. The second kappa shape index (κ2) is 8.72. The van der Waals surface area contributed by atoms with Gasteiger partial charge in [0.25, 0.3) is 11.6 Å². The maximum Gasteiger partial charge on any atom is 0.335 e. The summed E-state index contributed by atoms with van der Waals surface area (Å²) in [6, 6.07) is 8.00. The van der Waals surface area contributed by atoms with Gasteiger partial charge in [-0.2, -0.15) is 0 Å². The van der Waals surface area contributed by atoms with E-state index >= 15 is 0 Å². The zero-order valence-corrected chi connectivity index (χ0v) is 19.9. The lowest BCUT2D eigenvalue weighted by Crippen LogP contribution is -2.72. The number of fused-ring (bicyclic) bond motifs is 1. The van der Waals surface area contributed by atoms with Crippen LogP contribution in [0.2, 0.25) is 5.02 Å². The molecule has 2 aromatic carbocycles. The SMILES string of the molecule is CCCN1c2ccc([N+](=O)[O-])cc2C[C@@]2(C(=O)NC(=O)N(c3cc(Cl)ccc3C)C2=O)[C@H]1CC. The third-order valence-electron chi connectivity index (χ3n) is 6.67. The Morgan fingerprint density at radius 2 is 1.88 bits per heavy atom. The molecule has 2 heterocycles. The first-order chi connectivity index (χ1) is 16.1. The molecule has 10 heteroatoms. The summed E-state index contributed by atoms with van der Waals surface area (Å²) >= 11 is 6.16. The molecule has 1 fully saturated rings. The molecular weight excluding hydrogens is 460 g/mol. The number of amides is 4. The Kier molecular flexibility index (Phi) is 6.07. The van der Waals surface area contributed by atoms with Gasteiger partial charge < -0.3 is 4.90 Å². The second-order valence-electron chi connectivity index (χ2n) is 8.67. The summed E-state index contributed by atoms with van der Waals surface area (Å²) in [4.78, 5) is 54.5. The van der Waals surface area contributed by atoms with Crippen LogP contribution in [0.5, 0.6) is 0 Å². The molecule has 0 aromatic heterocycles. The van der Waals surface area contributed by atoms with Gasteiger partial charge in [0.15, 0.2) is 5.41 Å². The molecule has 4 amide bonds. The fourth-order valence-electron chi connectivity index (χ4n) is 5.19. The van der Waals surface area contributed by atoms with Crippen molar-refractivity contribution in [2.75, 3.05) is 16.3 Å². The first-order valence-corrected chi connectivity index (χ1v) is 11.5. The third-order valence-corrected chi connectivity index (χ3v) is 6.91. The number of hydrogen-bond donors (Lipinski definition) is 1. The number of rotatable bonds is 5. The standard InChI is InChI=1S/C24H25ClN4O5/c1-4-10-27-18-9-8-17(29(33)34)11-15(18)13-24(20(27)5-2)21(30)26-23(32)28(22(24)31)19-12-16(25)7-6-14(19)3/h6-9,11-12,20H,4-5,10,13H2,1-3H3,(H,26,30,32)/t20-,24+/m1/s1. The average molecular weight is 485 g/mol. The minimum absolute atomic E-state index is 0.0587. The van der Waals surface area contributed by atoms with Gasteiger partial charge in [0.2, 0.25) is 5.91 Å². The summed E-state index contributed by atoms with van der Waals surface area (Å²) in [7, 11) is 0. The Balaban J connectivity index is 1.93. The number of carbonyl (C=O) groups excluding carboxylic acids is 3. The van der Waals surface area contributed by atoms with Crippen LogP contribution in [0.3, 0.4) is 0 Å². The average Bonchev–Trinajstić information content (AvgIpc) is 2.79. The van der Waals surface area contributed by atoms with E-state index in [2.05, 4.69) is 5.32 Å². The van der Waals surface area contributed by atoms with Crippen molar-refractivity contribution < 1.29 is 19.3 Å². The van der Waals surface area contributed by atoms with Crippen LogP contribution in [-0.2, 0) is 16.0 Å². The van der Waals surface area contributed by atoms with E-state index in [1.165, 1.54) is 18.2 Å². The maximum absolute atomic E-state index is 14.2. The van der Waals surface area contributed by atoms with Crippen molar-refractivity contribution in [3.05, 3.63) is 62.7 Å². The van der Waals surface area contributed by atoms with Crippen molar-refractivity contribution in [2.45, 2.75) is 46.1 Å². The number of non-ortho nitro benzene ring substituents is 1. The highest BCUT2D eigenvalue weighted by Gasteiger charge is 2.62. The normalized spacial score (nSPS) is 22.1. The number of nitrogens with one attached hydrogen (secondary N) is 1. The third kappa shape index (κ3) is 3.51. The summed E-state index contributed by atoms with van der Waals surface area (Å²) in [6.45, 7) is 6.15. The van der Waals surface area contributed by atoms with E-state index in [9.17, 15) is 24.5 Å². The van der Waals surface area contributed by atoms with Crippen molar-refractivity contribution >= 4 is 46.5 Å². The van der Waals surface area contributed by atoms with Crippen molar-refractivity contribution in [2.24, 2.45) is 5.41 Å². The summed E-state index contributed by atoms with van der Waals surface area (Å²) < 4.78 is 0. The Labute approximate surface area is 201 Å². The van der Waals surface area contributed by atoms with Crippen LogP contribution in [0, 0.1) is 22.5 Å². The summed E-state index contributed by atoms with van der Waals surface area (Å²) in [5, 5.41) is 14.2. The van der Waals surface area contributed by atoms with E-state index in [0.29, 0.717) is 34.8 Å². The van der Waals surface area contributed by atoms with Gasteiger partial charge in [-0.15, -0.1) is 0 Å². The molecule has 2 aliphatic heterocycles. The first kappa shape index (κ1) is 23.7. The van der Waals surface area contributed by atoms with Crippen LogP contribution in [0.4, 0.5) is 21.9 Å². The number of aryl methyl sites for hydroxylation is 1. The predicted octanol–water partition coefficient (Wildman–Crippen LogP) is 4.38. The van der Waals surface area contributed by atoms with Crippen molar-refractivity contribution in [1.29, 1.82) is 0 Å². The molecule has 0 aliphatic carbocycles. The van der Waals surface area contributed by atoms with Crippen LogP contribution >= 0.6 is 11.6 Å². The molecule has 1 spiro atoms. The van der Waals surface area contributed by atoms with Gasteiger partial charge in [0.1, 0.15) is 0 Å². The highest BCUT2D eigenvalue weighted by atomic mass is 35.5. The van der Waals surface area contributed by atoms with Crippen molar-refractivity contribution in [3.63, 3.8) is 0 Å². The second-order valence-corrected chi connectivity index (χ2v) is 9.10. The number of barbiturate groups is 1. The number of nitro benzene ring substituents is 1. The fraction of sp³-hybridized carbons (Fsp3) is 0.375. The largest absolute Gasteiger partial charge is 0.367 e. The first-order valence-electron chi connectivity index (χ1n) is 11.2. The van der Waals surface area contributed by atoms with Crippen LogP contribution in [0.25, 0.3) is 0 Å². The molecule has 9 nitrogen and oxygen atoms in total. The van der Waals surface area contributed by atoms with Crippen molar-refractivity contribution in [1.82, 2.24) is 5.32 Å². The molecule has 2 aromatic rings. The number of carbonyl (C=O) groups is 3. The smallest absolute Gasteiger partial charge is 0.335 e. The van der Waals surface area contributed by atoms with Gasteiger partial charge in [0, 0.05) is 35.8 Å². The number of nitro groups is 1. The molecule has 4 rings (SSSR count). The van der Waals surface area contributed by atoms with Crippen LogP contribution < -0.4 is 15.1 Å². The van der Waals surface area contributed by atoms with Gasteiger partial charge in [-0.3, -0.25) is 25.0 Å². The highest BCUT2D eigenvalue weighted by molar-refractivity contribution is 6.33. The molecular formula is C24H25ClN4O5. The lowest BCUT2D eigenvalue weighted by molar-refractivity contribution is -0.384. The van der Waals surface area contributed by atoms with E-state index < -0.39 is 34.2 Å². The Bertz CT molecular complexity index is 1220. The minimum Gasteiger partial charge on any atom is -0.367 e. The zero-order chi connectivity index (χ0) is 24.8. The quantitative estimate of drug-likeness (QED) is 0.383. The number of anilines is 2. The zero-order valence-electron chi connectivity index (χ0n) is 19.1. The van der Waals surface area contributed by atoms with Gasteiger partial charge in [-0.05, 0) is 49.1 Å². The summed E-state index contributed by atoms with van der Waals surface area (Å²) in [5.74, 6) is -1.35. The van der Waals surface area contributed by atoms with Gasteiger partial charge in [-0.1, -0.05) is 31.5 Å². The fourth-order valence-corrected chi connectivity index (χ4v) is 5.36. The number of benzene rings is 2. The van der Waals surface area contributed by atoms with Crippen molar-refractivity contribution in [3.8, 4) is 0 Å². The van der Waals surface area contributed by atoms with E-state index in [1.54, 1.807) is 25.1 Å². The Hall–Kier alpha value is -3.46. The van der Waals surface area contributed by atoms with Crippen LogP contribution in [0.15, 0.2) is 36.4 Å². The van der Waals surface area contributed by atoms with E-state index in [4.69, 9.17) is 11.6 Å². The molecule has 0 unspecified atom stereocenters. The van der Waals surface area contributed by atoms with E-state index in [1.807, 2.05) is 18.7 Å². The number of nitrogens with zero attached hydrogens (tertiary/aromatic N) is 3. The lowest BCUT2D eigenvalue weighted by Gasteiger charge is -2.51. The maximum atomic E-state index is 14.2. The summed E-state index contributed by atoms with van der Waals surface area (Å²) in [5.41, 5.74) is 0.448. The molecule has 0 bridgehead atoms. The number of halogens is 1. The number of hydrogen-bond acceptors (Lipinski definition) is 6. The Morgan fingerprint density at radius 1 is 1.15 bits per heavy atom. The Morgan fingerprint density at radius 3 is 2.53 bits per heavy atom. The molecule has 1 N–H and O–H groups in total. The van der Waals surface area contributed by atoms with Gasteiger partial charge >= 0.3 is 6.03 Å². The summed E-state index contributed by atoms with van der Waals surface area (Å²) in [6.07, 6.45) is 1.12. The minimum atomic E-state index is -1.64. The molecule has 34 heavy (non-hydrogen) atoms. The van der Waals surface area contributed by atoms with E-state index in [0.717, 1.165) is 17.0 Å². The monoisotopic (exact) mass is 484 g/mol. The van der Waals surface area contributed by atoms with E-state index in [-0.39, 0.29) is 12.1 Å². The van der Waals surface area contributed by atoms with Crippen LogP contribution in [0.1, 0.15) is 37.8 Å². The van der Waals surface area contributed by atoms with Gasteiger partial charge in [0.05, 0.1) is 16.7 Å². The highest BCUT2D eigenvalue weighted by Crippen LogP contribution is 2.47. The molecule has 2 atom stereocenters. The van der Waals surface area contributed by atoms with Gasteiger partial charge in [-0.25, -0.2) is 9.69 Å². The molecule has 0 saturated carbocycles. The number of urea groups is 1. The molecule has 0 radical (unpaired) electrons. The predicted molar refractivity (Wildman–Crippen MR) is 128 cm³/mol. The molecule has 2 aliphatic rings. The molecule has 1 saturated heterocycles.